The van der Waals surface area contributed by atoms with Gasteiger partial charge in [-0.2, -0.15) is 0 Å². The highest BCUT2D eigenvalue weighted by molar-refractivity contribution is 5.77. The fourth-order valence-corrected chi connectivity index (χ4v) is 5.16. The molecule has 4 rings (SSSR count). The van der Waals surface area contributed by atoms with Crippen molar-refractivity contribution in [2.45, 2.75) is 79.1 Å². The third-order valence-corrected chi connectivity index (χ3v) is 7.47. The average Bonchev–Trinajstić information content (AvgIpc) is 2.95. The summed E-state index contributed by atoms with van der Waals surface area (Å²) < 4.78 is 0. The summed E-state index contributed by atoms with van der Waals surface area (Å²) in [6.45, 7) is 9.05. The Morgan fingerprint density at radius 1 is 0.417 bits per heavy atom. The average molecular weight is 475 g/mol. The summed E-state index contributed by atoms with van der Waals surface area (Å²) in [7, 11) is 0. The Morgan fingerprint density at radius 3 is 1.11 bits per heavy atom. The molecule has 0 bridgehead atoms. The molecule has 0 unspecified atom stereocenters. The Labute approximate surface area is 219 Å². The predicted octanol–water partition coefficient (Wildman–Crippen LogP) is 10.5. The van der Waals surface area contributed by atoms with Crippen LogP contribution < -0.4 is 0 Å². The van der Waals surface area contributed by atoms with Crippen molar-refractivity contribution in [3.05, 3.63) is 107 Å². The van der Waals surface area contributed by atoms with Crippen LogP contribution in [0.2, 0.25) is 0 Å². The van der Waals surface area contributed by atoms with Crippen LogP contribution in [0.15, 0.2) is 84.9 Å². The first-order valence-electron chi connectivity index (χ1n) is 14.1. The van der Waals surface area contributed by atoms with Gasteiger partial charge in [0.25, 0.3) is 0 Å². The molecule has 0 saturated carbocycles. The first kappa shape index (κ1) is 26.0. The SMILES string of the molecule is CCCCc1ccc(-c2ccc(-c3ccc(-c4ccc(CCCC)cc4)c(CC)c3)cc2CC)cc1. The van der Waals surface area contributed by atoms with Gasteiger partial charge in [0.05, 0.1) is 0 Å². The van der Waals surface area contributed by atoms with E-state index < -0.39 is 0 Å². The number of aryl methyl sites for hydroxylation is 4. The molecule has 4 aromatic carbocycles. The van der Waals surface area contributed by atoms with E-state index in [4.69, 9.17) is 0 Å². The minimum Gasteiger partial charge on any atom is -0.0654 e. The number of hydrogen-bond acceptors (Lipinski definition) is 0. The summed E-state index contributed by atoms with van der Waals surface area (Å²) >= 11 is 0. The number of benzene rings is 4. The van der Waals surface area contributed by atoms with Crippen molar-refractivity contribution >= 4 is 0 Å². The lowest BCUT2D eigenvalue weighted by molar-refractivity contribution is 0.795. The molecule has 0 aliphatic rings. The molecule has 0 atom stereocenters. The molecular formula is C36H42. The molecule has 0 heteroatoms. The molecule has 36 heavy (non-hydrogen) atoms. The second kappa shape index (κ2) is 12.7. The van der Waals surface area contributed by atoms with Gasteiger partial charge < -0.3 is 0 Å². The Hall–Kier alpha value is -3.12. The lowest BCUT2D eigenvalue weighted by atomic mass is 9.90. The molecule has 4 aromatic rings. The normalized spacial score (nSPS) is 11.1. The van der Waals surface area contributed by atoms with E-state index in [1.54, 1.807) is 0 Å². The molecule has 0 aliphatic heterocycles. The lowest BCUT2D eigenvalue weighted by Gasteiger charge is -2.15. The van der Waals surface area contributed by atoms with Gasteiger partial charge in [-0.25, -0.2) is 0 Å². The van der Waals surface area contributed by atoms with Crippen molar-refractivity contribution in [3.63, 3.8) is 0 Å². The minimum absolute atomic E-state index is 1.03. The summed E-state index contributed by atoms with van der Waals surface area (Å²) in [5, 5.41) is 0. The van der Waals surface area contributed by atoms with E-state index in [2.05, 4.69) is 113 Å². The van der Waals surface area contributed by atoms with E-state index in [1.165, 1.54) is 94.2 Å². The lowest BCUT2D eigenvalue weighted by Crippen LogP contribution is -1.93. The maximum absolute atomic E-state index is 2.40. The van der Waals surface area contributed by atoms with Crippen LogP contribution in [0.1, 0.15) is 75.6 Å². The van der Waals surface area contributed by atoms with Crippen LogP contribution in [0.3, 0.4) is 0 Å². The zero-order valence-electron chi connectivity index (χ0n) is 22.7. The molecule has 0 saturated heterocycles. The van der Waals surface area contributed by atoms with Gasteiger partial charge in [-0.15, -0.1) is 0 Å². The van der Waals surface area contributed by atoms with Crippen LogP contribution in [0.4, 0.5) is 0 Å². The van der Waals surface area contributed by atoms with E-state index in [9.17, 15) is 0 Å². The Kier molecular flexibility index (Phi) is 9.17. The molecule has 0 heterocycles. The van der Waals surface area contributed by atoms with Gasteiger partial charge in [-0.3, -0.25) is 0 Å². The second-order valence-corrected chi connectivity index (χ2v) is 10.1. The molecule has 0 spiro atoms. The van der Waals surface area contributed by atoms with E-state index >= 15 is 0 Å². The van der Waals surface area contributed by atoms with Crippen molar-refractivity contribution in [1.82, 2.24) is 0 Å². The van der Waals surface area contributed by atoms with Crippen molar-refractivity contribution in [2.75, 3.05) is 0 Å². The Bertz CT molecular complexity index is 1140. The molecule has 186 valence electrons. The zero-order valence-corrected chi connectivity index (χ0v) is 22.7. The molecular weight excluding hydrogens is 432 g/mol. The molecule has 0 N–H and O–H groups in total. The Balaban J connectivity index is 1.60. The first-order valence-corrected chi connectivity index (χ1v) is 14.1. The van der Waals surface area contributed by atoms with Gasteiger partial charge >= 0.3 is 0 Å². The van der Waals surface area contributed by atoms with Crippen molar-refractivity contribution in [2.24, 2.45) is 0 Å². The molecule has 0 aliphatic carbocycles. The van der Waals surface area contributed by atoms with Gasteiger partial charge in [0.1, 0.15) is 0 Å². The maximum Gasteiger partial charge on any atom is -0.0152 e. The highest BCUT2D eigenvalue weighted by Gasteiger charge is 2.10. The van der Waals surface area contributed by atoms with E-state index in [-0.39, 0.29) is 0 Å². The van der Waals surface area contributed by atoms with Crippen LogP contribution >= 0.6 is 0 Å². The van der Waals surface area contributed by atoms with E-state index in [0.29, 0.717) is 0 Å². The second-order valence-electron chi connectivity index (χ2n) is 10.1. The van der Waals surface area contributed by atoms with Gasteiger partial charge in [0.15, 0.2) is 0 Å². The fraction of sp³-hybridized carbons (Fsp3) is 0.333. The third-order valence-electron chi connectivity index (χ3n) is 7.47. The summed E-state index contributed by atoms with van der Waals surface area (Å²) in [5.74, 6) is 0. The number of rotatable bonds is 11. The summed E-state index contributed by atoms with van der Waals surface area (Å²) in [5.41, 5.74) is 13.7. The largest absolute Gasteiger partial charge is 0.0654 e. The van der Waals surface area contributed by atoms with Gasteiger partial charge in [0.2, 0.25) is 0 Å². The van der Waals surface area contributed by atoms with Gasteiger partial charge in [-0.05, 0) is 94.2 Å². The molecule has 0 amide bonds. The summed E-state index contributed by atoms with van der Waals surface area (Å²) in [4.78, 5) is 0. The Morgan fingerprint density at radius 2 is 0.778 bits per heavy atom. The van der Waals surface area contributed by atoms with Crippen LogP contribution in [-0.2, 0) is 25.7 Å². The predicted molar refractivity (Wildman–Crippen MR) is 159 cm³/mol. The van der Waals surface area contributed by atoms with Crippen LogP contribution in [0.25, 0.3) is 33.4 Å². The van der Waals surface area contributed by atoms with E-state index in [0.717, 1.165) is 12.8 Å². The van der Waals surface area contributed by atoms with Gasteiger partial charge in [0, 0.05) is 0 Å². The van der Waals surface area contributed by atoms with Gasteiger partial charge in [-0.1, -0.05) is 125 Å². The van der Waals surface area contributed by atoms with Crippen molar-refractivity contribution < 1.29 is 0 Å². The standard InChI is InChI=1S/C36H42/c1-5-9-11-27-13-17-31(18-14-27)35-23-21-33(25-29(35)7-3)34-22-24-36(30(8-4)26-34)32-19-15-28(16-20-32)12-10-6-2/h13-26H,5-12H2,1-4H3. The topological polar surface area (TPSA) is 0 Å². The highest BCUT2D eigenvalue weighted by atomic mass is 14.1. The van der Waals surface area contributed by atoms with Crippen LogP contribution in [-0.4, -0.2) is 0 Å². The first-order chi connectivity index (χ1) is 17.7. The highest BCUT2D eigenvalue weighted by Crippen LogP contribution is 2.33. The molecule has 0 nitrogen and oxygen atoms in total. The third kappa shape index (κ3) is 6.16. The maximum atomic E-state index is 2.40. The van der Waals surface area contributed by atoms with Crippen molar-refractivity contribution in [1.29, 1.82) is 0 Å². The van der Waals surface area contributed by atoms with Crippen LogP contribution in [0, 0.1) is 0 Å². The number of hydrogen-bond donors (Lipinski definition) is 0. The smallest absolute Gasteiger partial charge is 0.0152 e. The zero-order chi connectivity index (χ0) is 25.3. The van der Waals surface area contributed by atoms with Crippen LogP contribution in [0.5, 0.6) is 0 Å². The molecule has 0 radical (unpaired) electrons. The minimum atomic E-state index is 1.03. The molecule has 0 aromatic heterocycles. The summed E-state index contributed by atoms with van der Waals surface area (Å²) in [6.07, 6.45) is 9.43. The fourth-order valence-electron chi connectivity index (χ4n) is 5.16. The van der Waals surface area contributed by atoms with Crippen molar-refractivity contribution in [3.8, 4) is 33.4 Å². The summed E-state index contributed by atoms with van der Waals surface area (Å²) in [6, 6.07) is 32.5. The van der Waals surface area contributed by atoms with E-state index in [1.807, 2.05) is 0 Å². The monoisotopic (exact) mass is 474 g/mol. The molecule has 0 fully saturated rings. The quantitative estimate of drug-likeness (QED) is 0.203. The number of unbranched alkanes of at least 4 members (excludes halogenated alkanes) is 2.